The second-order valence-corrected chi connectivity index (χ2v) is 5.04. The first-order valence-electron chi connectivity index (χ1n) is 6.43. The maximum atomic E-state index is 4.18. The molecule has 3 atom stereocenters. The molecule has 1 aliphatic rings. The second-order valence-electron chi connectivity index (χ2n) is 5.04. The third-order valence-electron chi connectivity index (χ3n) is 3.76. The molecule has 1 fully saturated rings. The number of rotatable bonds is 3. The SMILES string of the molecule is CC1CCCCC1N[C@H](C)c1cccnc1. The van der Waals surface area contributed by atoms with Crippen LogP contribution in [0.25, 0.3) is 0 Å². The fourth-order valence-electron chi connectivity index (χ4n) is 2.61. The molecular formula is C14H22N2. The van der Waals surface area contributed by atoms with Gasteiger partial charge in [-0.3, -0.25) is 4.98 Å². The van der Waals surface area contributed by atoms with E-state index in [0.717, 1.165) is 5.92 Å². The van der Waals surface area contributed by atoms with E-state index in [1.54, 1.807) is 0 Å². The molecule has 2 nitrogen and oxygen atoms in total. The average Bonchev–Trinajstić information content (AvgIpc) is 2.33. The Hall–Kier alpha value is -0.890. The van der Waals surface area contributed by atoms with Crippen LogP contribution in [0.1, 0.15) is 51.1 Å². The Kier molecular flexibility index (Phi) is 3.94. The molecule has 0 aliphatic heterocycles. The molecule has 0 spiro atoms. The highest BCUT2D eigenvalue weighted by Crippen LogP contribution is 2.25. The molecule has 1 aromatic heterocycles. The van der Waals surface area contributed by atoms with Crippen molar-refractivity contribution in [3.05, 3.63) is 30.1 Å². The van der Waals surface area contributed by atoms with Crippen LogP contribution in [-0.4, -0.2) is 11.0 Å². The van der Waals surface area contributed by atoms with E-state index in [1.165, 1.54) is 31.2 Å². The highest BCUT2D eigenvalue weighted by molar-refractivity contribution is 5.13. The van der Waals surface area contributed by atoms with Gasteiger partial charge in [0.05, 0.1) is 0 Å². The monoisotopic (exact) mass is 218 g/mol. The van der Waals surface area contributed by atoms with Crippen molar-refractivity contribution in [2.45, 2.75) is 51.6 Å². The predicted octanol–water partition coefficient (Wildman–Crippen LogP) is 3.31. The maximum absolute atomic E-state index is 4.18. The van der Waals surface area contributed by atoms with Gasteiger partial charge >= 0.3 is 0 Å². The first kappa shape index (κ1) is 11.6. The predicted molar refractivity (Wildman–Crippen MR) is 67.2 cm³/mol. The van der Waals surface area contributed by atoms with E-state index in [4.69, 9.17) is 0 Å². The quantitative estimate of drug-likeness (QED) is 0.842. The molecule has 88 valence electrons. The maximum Gasteiger partial charge on any atom is 0.0315 e. The summed E-state index contributed by atoms with van der Waals surface area (Å²) in [6, 6.07) is 5.26. The summed E-state index contributed by atoms with van der Waals surface area (Å²) in [5, 5.41) is 3.74. The van der Waals surface area contributed by atoms with Gasteiger partial charge in [-0.2, -0.15) is 0 Å². The van der Waals surface area contributed by atoms with E-state index in [-0.39, 0.29) is 0 Å². The van der Waals surface area contributed by atoms with Crippen molar-refractivity contribution in [1.29, 1.82) is 0 Å². The molecule has 1 aliphatic carbocycles. The molecule has 1 N–H and O–H groups in total. The lowest BCUT2D eigenvalue weighted by Gasteiger charge is -2.32. The molecule has 2 rings (SSSR count). The molecule has 0 amide bonds. The Morgan fingerprint density at radius 3 is 2.88 bits per heavy atom. The Labute approximate surface area is 98.5 Å². The van der Waals surface area contributed by atoms with Crippen molar-refractivity contribution >= 4 is 0 Å². The Morgan fingerprint density at radius 1 is 1.38 bits per heavy atom. The van der Waals surface area contributed by atoms with E-state index in [9.17, 15) is 0 Å². The van der Waals surface area contributed by atoms with E-state index in [1.807, 2.05) is 18.5 Å². The third-order valence-corrected chi connectivity index (χ3v) is 3.76. The van der Waals surface area contributed by atoms with Crippen LogP contribution in [0.2, 0.25) is 0 Å². The van der Waals surface area contributed by atoms with Crippen molar-refractivity contribution in [3.8, 4) is 0 Å². The van der Waals surface area contributed by atoms with Gasteiger partial charge in [0.1, 0.15) is 0 Å². The van der Waals surface area contributed by atoms with Gasteiger partial charge in [-0.15, -0.1) is 0 Å². The van der Waals surface area contributed by atoms with Gasteiger partial charge in [0.2, 0.25) is 0 Å². The number of hydrogen-bond acceptors (Lipinski definition) is 2. The molecule has 1 heterocycles. The summed E-state index contributed by atoms with van der Waals surface area (Å²) in [5.41, 5.74) is 1.29. The minimum absolute atomic E-state index is 0.416. The van der Waals surface area contributed by atoms with E-state index >= 15 is 0 Å². The van der Waals surface area contributed by atoms with Crippen molar-refractivity contribution < 1.29 is 0 Å². The fraction of sp³-hybridized carbons (Fsp3) is 0.643. The van der Waals surface area contributed by atoms with Crippen LogP contribution in [-0.2, 0) is 0 Å². The second kappa shape index (κ2) is 5.44. The van der Waals surface area contributed by atoms with E-state index in [0.29, 0.717) is 12.1 Å². The van der Waals surface area contributed by atoms with Crippen LogP contribution in [0.4, 0.5) is 0 Å². The first-order valence-corrected chi connectivity index (χ1v) is 6.43. The standard InChI is InChI=1S/C14H22N2/c1-11-6-3-4-8-14(11)16-12(2)13-7-5-9-15-10-13/h5,7,9-12,14,16H,3-4,6,8H2,1-2H3/t11?,12-,14?/m1/s1. The molecule has 0 radical (unpaired) electrons. The zero-order valence-electron chi connectivity index (χ0n) is 10.3. The van der Waals surface area contributed by atoms with Gasteiger partial charge in [-0.25, -0.2) is 0 Å². The third kappa shape index (κ3) is 2.82. The molecule has 0 saturated heterocycles. The lowest BCUT2D eigenvalue weighted by molar-refractivity contribution is 0.263. The van der Waals surface area contributed by atoms with E-state index < -0.39 is 0 Å². The van der Waals surface area contributed by atoms with Crippen LogP contribution < -0.4 is 5.32 Å². The number of hydrogen-bond donors (Lipinski definition) is 1. The fourth-order valence-corrected chi connectivity index (χ4v) is 2.61. The van der Waals surface area contributed by atoms with Gasteiger partial charge in [0.25, 0.3) is 0 Å². The normalized spacial score (nSPS) is 27.6. The molecule has 0 bridgehead atoms. The number of nitrogens with one attached hydrogen (secondary N) is 1. The lowest BCUT2D eigenvalue weighted by Crippen LogP contribution is -2.38. The van der Waals surface area contributed by atoms with Gasteiger partial charge in [0.15, 0.2) is 0 Å². The largest absolute Gasteiger partial charge is 0.307 e. The smallest absolute Gasteiger partial charge is 0.0315 e. The van der Waals surface area contributed by atoms with Crippen LogP contribution in [0.15, 0.2) is 24.5 Å². The van der Waals surface area contributed by atoms with Crippen molar-refractivity contribution in [2.24, 2.45) is 5.92 Å². The summed E-state index contributed by atoms with van der Waals surface area (Å²) >= 11 is 0. The van der Waals surface area contributed by atoms with Gasteiger partial charge < -0.3 is 5.32 Å². The summed E-state index contributed by atoms with van der Waals surface area (Å²) in [4.78, 5) is 4.18. The first-order chi connectivity index (χ1) is 7.77. The minimum Gasteiger partial charge on any atom is -0.307 e. The summed E-state index contributed by atoms with van der Waals surface area (Å²) in [6.07, 6.45) is 9.27. The van der Waals surface area contributed by atoms with Gasteiger partial charge in [0, 0.05) is 24.5 Å². The van der Waals surface area contributed by atoms with E-state index in [2.05, 4.69) is 30.2 Å². The molecule has 2 heteroatoms. The highest BCUT2D eigenvalue weighted by Gasteiger charge is 2.22. The van der Waals surface area contributed by atoms with Crippen LogP contribution in [0.3, 0.4) is 0 Å². The average molecular weight is 218 g/mol. The molecule has 1 aromatic rings. The van der Waals surface area contributed by atoms with Crippen molar-refractivity contribution in [1.82, 2.24) is 10.3 Å². The Bertz CT molecular complexity index is 310. The summed E-state index contributed by atoms with van der Waals surface area (Å²) in [7, 11) is 0. The van der Waals surface area contributed by atoms with Gasteiger partial charge in [-0.1, -0.05) is 25.8 Å². The minimum atomic E-state index is 0.416. The summed E-state index contributed by atoms with van der Waals surface area (Å²) in [5.74, 6) is 0.813. The molecule has 1 saturated carbocycles. The van der Waals surface area contributed by atoms with Crippen LogP contribution >= 0.6 is 0 Å². The zero-order chi connectivity index (χ0) is 11.4. The van der Waals surface area contributed by atoms with Crippen molar-refractivity contribution in [2.75, 3.05) is 0 Å². The number of aromatic nitrogens is 1. The zero-order valence-corrected chi connectivity index (χ0v) is 10.3. The summed E-state index contributed by atoms with van der Waals surface area (Å²) in [6.45, 7) is 4.60. The molecule has 2 unspecified atom stereocenters. The Morgan fingerprint density at radius 2 is 2.19 bits per heavy atom. The lowest BCUT2D eigenvalue weighted by atomic mass is 9.85. The van der Waals surface area contributed by atoms with Crippen LogP contribution in [0.5, 0.6) is 0 Å². The van der Waals surface area contributed by atoms with Crippen LogP contribution in [0, 0.1) is 5.92 Å². The molecule has 16 heavy (non-hydrogen) atoms. The number of pyridine rings is 1. The number of nitrogens with zero attached hydrogens (tertiary/aromatic N) is 1. The highest BCUT2D eigenvalue weighted by atomic mass is 15.0. The molecular weight excluding hydrogens is 196 g/mol. The van der Waals surface area contributed by atoms with Gasteiger partial charge in [-0.05, 0) is 37.3 Å². The topological polar surface area (TPSA) is 24.9 Å². The summed E-state index contributed by atoms with van der Waals surface area (Å²) < 4.78 is 0. The van der Waals surface area contributed by atoms with Crippen molar-refractivity contribution in [3.63, 3.8) is 0 Å². The molecule has 0 aromatic carbocycles. The Balaban J connectivity index is 1.94.